The van der Waals surface area contributed by atoms with E-state index in [-0.39, 0.29) is 11.8 Å². The van der Waals surface area contributed by atoms with E-state index in [0.29, 0.717) is 6.54 Å². The van der Waals surface area contributed by atoms with Crippen LogP contribution >= 0.6 is 11.3 Å². The van der Waals surface area contributed by atoms with E-state index < -0.39 is 0 Å². The van der Waals surface area contributed by atoms with Gasteiger partial charge in [-0.05, 0) is 24.1 Å². The highest BCUT2D eigenvalue weighted by Crippen LogP contribution is 2.27. The van der Waals surface area contributed by atoms with Gasteiger partial charge in [-0.3, -0.25) is 4.79 Å². The first-order chi connectivity index (χ1) is 13.2. The van der Waals surface area contributed by atoms with Crippen LogP contribution in [0.4, 0.5) is 10.8 Å². The van der Waals surface area contributed by atoms with Crippen LogP contribution in [0.2, 0.25) is 0 Å². The summed E-state index contributed by atoms with van der Waals surface area (Å²) in [6, 6.07) is 17.7. The van der Waals surface area contributed by atoms with Crippen LogP contribution in [0.1, 0.15) is 24.8 Å². The van der Waals surface area contributed by atoms with E-state index in [2.05, 4.69) is 22.2 Å². The molecule has 0 spiro atoms. The Hall–Kier alpha value is -2.92. The Bertz CT molecular complexity index is 887. The van der Waals surface area contributed by atoms with E-state index in [4.69, 9.17) is 0 Å². The third kappa shape index (κ3) is 4.83. The van der Waals surface area contributed by atoms with E-state index in [9.17, 15) is 4.79 Å². The first-order valence-corrected chi connectivity index (χ1v) is 9.85. The van der Waals surface area contributed by atoms with Crippen LogP contribution in [0.25, 0.3) is 11.3 Å². The third-order valence-corrected chi connectivity index (χ3v) is 5.08. The number of rotatable bonds is 8. The summed E-state index contributed by atoms with van der Waals surface area (Å²) in [4.78, 5) is 17.2. The van der Waals surface area contributed by atoms with Crippen LogP contribution in [0.3, 0.4) is 0 Å². The minimum Gasteiger partial charge on any atom is -0.358 e. The second-order valence-corrected chi connectivity index (χ2v) is 7.00. The number of nitrogens with one attached hydrogen (secondary N) is 2. The van der Waals surface area contributed by atoms with Gasteiger partial charge in [-0.1, -0.05) is 55.5 Å². The fraction of sp³-hybridized carbons (Fsp3) is 0.182. The third-order valence-electron chi connectivity index (χ3n) is 4.28. The van der Waals surface area contributed by atoms with Crippen LogP contribution in [0.15, 0.2) is 72.6 Å². The number of anilines is 2. The van der Waals surface area contributed by atoms with Crippen molar-refractivity contribution in [3.8, 4) is 11.3 Å². The van der Waals surface area contributed by atoms with Gasteiger partial charge < -0.3 is 10.6 Å². The molecule has 3 rings (SSSR count). The highest BCUT2D eigenvalue weighted by molar-refractivity contribution is 7.14. The molecule has 1 unspecified atom stereocenters. The quantitative estimate of drug-likeness (QED) is 0.507. The minimum absolute atomic E-state index is 0.0148. The average Bonchev–Trinajstić information content (AvgIpc) is 3.17. The molecule has 0 saturated heterocycles. The molecule has 1 heterocycles. The topological polar surface area (TPSA) is 54.0 Å². The van der Waals surface area contributed by atoms with Crippen molar-refractivity contribution >= 4 is 28.1 Å². The second kappa shape index (κ2) is 9.14. The van der Waals surface area contributed by atoms with Crippen molar-refractivity contribution in [1.82, 2.24) is 4.98 Å². The molecule has 1 atom stereocenters. The van der Waals surface area contributed by atoms with Crippen molar-refractivity contribution in [3.05, 3.63) is 78.2 Å². The summed E-state index contributed by atoms with van der Waals surface area (Å²) in [5.41, 5.74) is 3.76. The SMILES string of the molecule is C=CCNc1nc(-c2ccc(NC(=O)C(CC)c3ccccc3)cc2)cs1. The van der Waals surface area contributed by atoms with Crippen molar-refractivity contribution < 1.29 is 4.79 Å². The second-order valence-electron chi connectivity index (χ2n) is 6.15. The normalized spacial score (nSPS) is 11.6. The molecule has 0 fully saturated rings. The molecule has 0 bridgehead atoms. The molecule has 3 aromatic rings. The molecule has 0 aliphatic heterocycles. The number of nitrogens with zero attached hydrogens (tertiary/aromatic N) is 1. The molecule has 2 aromatic carbocycles. The number of benzene rings is 2. The highest BCUT2D eigenvalue weighted by Gasteiger charge is 2.18. The van der Waals surface area contributed by atoms with Crippen molar-refractivity contribution in [1.29, 1.82) is 0 Å². The lowest BCUT2D eigenvalue weighted by Gasteiger charge is -2.15. The number of hydrogen-bond acceptors (Lipinski definition) is 4. The van der Waals surface area contributed by atoms with Crippen molar-refractivity contribution in [2.24, 2.45) is 0 Å². The first-order valence-electron chi connectivity index (χ1n) is 8.97. The van der Waals surface area contributed by atoms with Crippen molar-refractivity contribution in [2.75, 3.05) is 17.2 Å². The lowest BCUT2D eigenvalue weighted by Crippen LogP contribution is -2.20. The van der Waals surface area contributed by atoms with Gasteiger partial charge in [-0.2, -0.15) is 0 Å². The summed E-state index contributed by atoms with van der Waals surface area (Å²) in [7, 11) is 0. The van der Waals surface area contributed by atoms with Gasteiger partial charge in [-0.25, -0.2) is 4.98 Å². The van der Waals surface area contributed by atoms with Gasteiger partial charge in [-0.15, -0.1) is 17.9 Å². The molecule has 1 amide bonds. The van der Waals surface area contributed by atoms with Crippen molar-refractivity contribution in [3.63, 3.8) is 0 Å². The maximum Gasteiger partial charge on any atom is 0.231 e. The molecule has 0 aliphatic rings. The summed E-state index contributed by atoms with van der Waals surface area (Å²) in [6.45, 7) is 6.41. The molecule has 1 aromatic heterocycles. The van der Waals surface area contributed by atoms with Gasteiger partial charge in [0.1, 0.15) is 0 Å². The Labute approximate surface area is 164 Å². The van der Waals surface area contributed by atoms with Gasteiger partial charge in [0.2, 0.25) is 5.91 Å². The van der Waals surface area contributed by atoms with Gasteiger partial charge >= 0.3 is 0 Å². The van der Waals surface area contributed by atoms with E-state index in [1.54, 1.807) is 17.4 Å². The van der Waals surface area contributed by atoms with Gasteiger partial charge in [0, 0.05) is 23.2 Å². The fourth-order valence-electron chi connectivity index (χ4n) is 2.86. The Morgan fingerprint density at radius 3 is 2.59 bits per heavy atom. The van der Waals surface area contributed by atoms with Gasteiger partial charge in [0.15, 0.2) is 5.13 Å². The zero-order valence-electron chi connectivity index (χ0n) is 15.3. The number of carbonyl (C=O) groups is 1. The molecule has 4 nitrogen and oxygen atoms in total. The molecule has 0 radical (unpaired) electrons. The zero-order valence-corrected chi connectivity index (χ0v) is 16.1. The molecular weight excluding hydrogens is 354 g/mol. The van der Waals surface area contributed by atoms with Crippen LogP contribution in [0, 0.1) is 0 Å². The standard InChI is InChI=1S/C22H23N3OS/c1-3-14-23-22-25-20(15-27-22)17-10-12-18(13-11-17)24-21(26)19(4-2)16-8-6-5-7-9-16/h3,5-13,15,19H,1,4,14H2,2H3,(H,23,25)(H,24,26). The Kier molecular flexibility index (Phi) is 6.39. The maximum absolute atomic E-state index is 12.7. The molecule has 138 valence electrons. The maximum atomic E-state index is 12.7. The van der Waals surface area contributed by atoms with Crippen molar-refractivity contribution in [2.45, 2.75) is 19.3 Å². The van der Waals surface area contributed by atoms with E-state index >= 15 is 0 Å². The molecular formula is C22H23N3OS. The number of hydrogen-bond donors (Lipinski definition) is 2. The smallest absolute Gasteiger partial charge is 0.231 e. The molecule has 5 heteroatoms. The lowest BCUT2D eigenvalue weighted by molar-refractivity contribution is -0.117. The molecule has 0 saturated carbocycles. The van der Waals surface area contributed by atoms with Crippen LogP contribution in [-0.2, 0) is 4.79 Å². The van der Waals surface area contributed by atoms with Crippen LogP contribution in [0.5, 0.6) is 0 Å². The minimum atomic E-state index is -0.150. The summed E-state index contributed by atoms with van der Waals surface area (Å²) >= 11 is 1.56. The summed E-state index contributed by atoms with van der Waals surface area (Å²) in [6.07, 6.45) is 2.56. The monoisotopic (exact) mass is 377 g/mol. The zero-order chi connectivity index (χ0) is 19.1. The summed E-state index contributed by atoms with van der Waals surface area (Å²) in [5, 5.41) is 9.10. The summed E-state index contributed by atoms with van der Waals surface area (Å²) < 4.78 is 0. The van der Waals surface area contributed by atoms with Gasteiger partial charge in [0.25, 0.3) is 0 Å². The Morgan fingerprint density at radius 2 is 1.93 bits per heavy atom. The predicted molar refractivity (Wildman–Crippen MR) is 114 cm³/mol. The number of thiazole rings is 1. The highest BCUT2D eigenvalue weighted by atomic mass is 32.1. The van der Waals surface area contributed by atoms with E-state index in [1.807, 2.05) is 66.9 Å². The van der Waals surface area contributed by atoms with E-state index in [0.717, 1.165) is 34.1 Å². The Morgan fingerprint density at radius 1 is 1.19 bits per heavy atom. The largest absolute Gasteiger partial charge is 0.358 e. The average molecular weight is 378 g/mol. The fourth-order valence-corrected chi connectivity index (χ4v) is 3.59. The number of amides is 1. The summed E-state index contributed by atoms with van der Waals surface area (Å²) in [5.74, 6) is -0.135. The first kappa shape index (κ1) is 18.9. The lowest BCUT2D eigenvalue weighted by atomic mass is 9.95. The van der Waals surface area contributed by atoms with Crippen LogP contribution < -0.4 is 10.6 Å². The van der Waals surface area contributed by atoms with Crippen LogP contribution in [-0.4, -0.2) is 17.4 Å². The molecule has 2 N–H and O–H groups in total. The molecule has 0 aliphatic carbocycles. The Balaban J connectivity index is 1.67. The van der Waals surface area contributed by atoms with E-state index in [1.165, 1.54) is 0 Å². The molecule has 27 heavy (non-hydrogen) atoms. The van der Waals surface area contributed by atoms with Gasteiger partial charge in [0.05, 0.1) is 11.6 Å². The number of aromatic nitrogens is 1. The predicted octanol–water partition coefficient (Wildman–Crippen LogP) is 5.54. The number of carbonyl (C=O) groups excluding carboxylic acids is 1.